The molecule has 1 aliphatic heterocycles. The Bertz CT molecular complexity index is 1860. The highest BCUT2D eigenvalue weighted by Crippen LogP contribution is 2.48. The number of hydrogen-bond acceptors (Lipinski definition) is 6. The molecular formula is C31H28F4N7O4S+. The maximum atomic E-state index is 14.3. The molecule has 47 heavy (non-hydrogen) atoms. The van der Waals surface area contributed by atoms with Crippen molar-refractivity contribution in [3.8, 4) is 5.75 Å². The summed E-state index contributed by atoms with van der Waals surface area (Å²) in [5.41, 5.74) is 12.2. The Kier molecular flexibility index (Phi) is 8.63. The zero-order valence-corrected chi connectivity index (χ0v) is 25.4. The van der Waals surface area contributed by atoms with Gasteiger partial charge in [-0.2, -0.15) is 13.8 Å². The number of thiazole rings is 1. The normalized spacial score (nSPS) is 17.4. The average Bonchev–Trinajstić information content (AvgIpc) is 3.43. The summed E-state index contributed by atoms with van der Waals surface area (Å²) in [7, 11) is 0. The first-order valence-corrected chi connectivity index (χ1v) is 15.4. The third-order valence-electron chi connectivity index (χ3n) is 7.91. The smallest absolute Gasteiger partial charge is 0.409 e. The van der Waals surface area contributed by atoms with Gasteiger partial charge in [-0.25, -0.2) is 14.5 Å². The summed E-state index contributed by atoms with van der Waals surface area (Å²) in [6, 6.07) is 15.3. The molecule has 1 aromatic heterocycles. The van der Waals surface area contributed by atoms with Crippen molar-refractivity contribution in [2.75, 3.05) is 10.2 Å². The number of aliphatic imine (C=N–C) groups is 1. The van der Waals surface area contributed by atoms with E-state index < -0.39 is 35.7 Å². The Morgan fingerprint density at radius 3 is 2.43 bits per heavy atom. The minimum absolute atomic E-state index is 0.0236. The monoisotopic (exact) mass is 670 g/mol. The molecule has 2 heterocycles. The molecule has 0 atom stereocenters. The van der Waals surface area contributed by atoms with Crippen LogP contribution in [0, 0.1) is 0 Å². The molecule has 0 radical (unpaired) electrons. The van der Waals surface area contributed by atoms with Crippen LogP contribution >= 0.6 is 11.3 Å². The molecule has 3 amide bonds. The summed E-state index contributed by atoms with van der Waals surface area (Å²) < 4.78 is 63.9. The van der Waals surface area contributed by atoms with Crippen molar-refractivity contribution in [2.45, 2.75) is 57.0 Å². The quantitative estimate of drug-likeness (QED) is 0.0952. The van der Waals surface area contributed by atoms with E-state index in [9.17, 15) is 27.2 Å². The van der Waals surface area contributed by atoms with Crippen molar-refractivity contribution < 1.29 is 42.2 Å². The lowest BCUT2D eigenvalue weighted by atomic mass is 9.84. The predicted molar refractivity (Wildman–Crippen MR) is 164 cm³/mol. The molecule has 16 heteroatoms. The van der Waals surface area contributed by atoms with Crippen LogP contribution in [0.2, 0.25) is 0 Å². The number of aromatic nitrogens is 1. The van der Waals surface area contributed by atoms with Crippen LogP contribution in [0.1, 0.15) is 65.1 Å². The number of anilines is 2. The largest absolute Gasteiger partial charge is 0.540 e. The van der Waals surface area contributed by atoms with Crippen LogP contribution in [0.3, 0.4) is 0 Å². The number of alkyl halides is 4. The molecule has 6 rings (SSSR count). The Balaban J connectivity index is 1.27. The van der Waals surface area contributed by atoms with Gasteiger partial charge in [-0.05, 0) is 60.2 Å². The summed E-state index contributed by atoms with van der Waals surface area (Å²) in [6.45, 7) is 0.0678. The number of urea groups is 1. The van der Waals surface area contributed by atoms with Crippen LogP contribution in [0.25, 0.3) is 10.2 Å². The molecule has 3 aromatic carbocycles. The lowest BCUT2D eigenvalue weighted by Gasteiger charge is -2.30. The summed E-state index contributed by atoms with van der Waals surface area (Å²) >= 11 is 0.894. The van der Waals surface area contributed by atoms with Gasteiger partial charge in [0.1, 0.15) is 5.75 Å². The number of ether oxygens (including phenoxy) is 2. The fourth-order valence-electron chi connectivity index (χ4n) is 5.61. The third kappa shape index (κ3) is 7.07. The van der Waals surface area contributed by atoms with E-state index in [0.29, 0.717) is 17.2 Å². The second-order valence-electron chi connectivity index (χ2n) is 11.1. The topological polar surface area (TPSA) is 157 Å². The number of carbonyl (C=O) groups excluding carboxylic acids is 2. The van der Waals surface area contributed by atoms with E-state index in [4.69, 9.17) is 11.3 Å². The van der Waals surface area contributed by atoms with Gasteiger partial charge >= 0.3 is 18.4 Å². The van der Waals surface area contributed by atoms with Gasteiger partial charge in [-0.15, -0.1) is 14.3 Å². The molecule has 0 spiro atoms. The SMILES string of the molecule is NC(N=[NH2+])=NC(=O)c1ccc(CN(C(=O)Nc2nc3cc4c(cc3s2)OC(F)(F)OC4(F)F)c2ccc(C3CCCCC3)cc2)cc1. The first kappa shape index (κ1) is 32.0. The number of benzene rings is 3. The predicted octanol–water partition coefficient (Wildman–Crippen LogP) is 6.26. The van der Waals surface area contributed by atoms with Gasteiger partial charge in [-0.3, -0.25) is 15.0 Å². The fraction of sp³-hybridized carbons (Fsp3) is 0.290. The highest BCUT2D eigenvalue weighted by atomic mass is 32.1. The van der Waals surface area contributed by atoms with Crippen LogP contribution in [-0.2, 0) is 17.4 Å². The van der Waals surface area contributed by atoms with Crippen molar-refractivity contribution in [2.24, 2.45) is 15.8 Å². The molecule has 1 fully saturated rings. The van der Waals surface area contributed by atoms with Gasteiger partial charge in [0.2, 0.25) is 0 Å². The van der Waals surface area contributed by atoms with Gasteiger partial charge in [0.15, 0.2) is 5.13 Å². The van der Waals surface area contributed by atoms with Gasteiger partial charge in [0.05, 0.1) is 22.3 Å². The summed E-state index contributed by atoms with van der Waals surface area (Å²) in [5.74, 6) is -1.33. The zero-order valence-electron chi connectivity index (χ0n) is 24.6. The third-order valence-corrected chi connectivity index (χ3v) is 8.84. The number of halogens is 4. The van der Waals surface area contributed by atoms with E-state index in [1.54, 1.807) is 12.1 Å². The lowest BCUT2D eigenvalue weighted by molar-refractivity contribution is -0.461. The standard InChI is InChI=1S/C31H27F4N7O4S/c32-30(33)22-14-23-25(15-24(22)45-31(34,35)46-30)47-28(38-23)40-29(44)42(21-12-10-19(11-13-21)18-4-2-1-3-5-18)16-17-6-8-20(9-7-17)26(43)39-27(36)41-37/h6-15,18,37H,1-5,16H2,(H2,36,39,43)(H,38,40,44)/p+1. The van der Waals surface area contributed by atoms with Crippen molar-refractivity contribution in [1.82, 2.24) is 4.98 Å². The van der Waals surface area contributed by atoms with E-state index in [-0.39, 0.29) is 33.4 Å². The second kappa shape index (κ2) is 12.7. The van der Waals surface area contributed by atoms with Crippen molar-refractivity contribution >= 4 is 50.3 Å². The van der Waals surface area contributed by atoms with Crippen LogP contribution in [0.15, 0.2) is 70.8 Å². The van der Waals surface area contributed by atoms with Gasteiger partial charge in [-0.1, -0.05) is 54.9 Å². The first-order valence-electron chi connectivity index (χ1n) is 14.6. The molecule has 5 N–H and O–H groups in total. The molecule has 4 aromatic rings. The summed E-state index contributed by atoms with van der Waals surface area (Å²) in [4.78, 5) is 35.3. The van der Waals surface area contributed by atoms with E-state index in [2.05, 4.69) is 29.9 Å². The van der Waals surface area contributed by atoms with Crippen molar-refractivity contribution in [1.29, 1.82) is 0 Å². The highest BCUT2D eigenvalue weighted by molar-refractivity contribution is 7.22. The van der Waals surface area contributed by atoms with Crippen LogP contribution in [0.4, 0.5) is 33.2 Å². The Hall–Kier alpha value is -4.96. The molecule has 1 saturated carbocycles. The molecule has 11 nitrogen and oxygen atoms in total. The second-order valence-corrected chi connectivity index (χ2v) is 12.1. The Labute approximate surface area is 268 Å². The zero-order chi connectivity index (χ0) is 33.3. The maximum absolute atomic E-state index is 14.3. The number of amides is 3. The van der Waals surface area contributed by atoms with Crippen LogP contribution in [0.5, 0.6) is 5.75 Å². The number of guanidine groups is 1. The maximum Gasteiger partial charge on any atom is 0.540 e. The fourth-order valence-corrected chi connectivity index (χ4v) is 6.47. The van der Waals surface area contributed by atoms with E-state index in [1.807, 2.05) is 24.3 Å². The lowest BCUT2D eigenvalue weighted by Crippen LogP contribution is -2.41. The highest BCUT2D eigenvalue weighted by Gasteiger charge is 2.54. The first-order chi connectivity index (χ1) is 22.4. The van der Waals surface area contributed by atoms with Crippen LogP contribution < -0.4 is 26.2 Å². The summed E-state index contributed by atoms with van der Waals surface area (Å²) in [6.07, 6.45) is -3.08. The minimum atomic E-state index is -4.52. The van der Waals surface area contributed by atoms with Crippen LogP contribution in [-0.4, -0.2) is 29.2 Å². The molecule has 0 saturated heterocycles. The number of fused-ring (bicyclic) bond motifs is 2. The number of nitrogens with zero attached hydrogens (tertiary/aromatic N) is 4. The number of nitrogens with one attached hydrogen (secondary N) is 1. The van der Waals surface area contributed by atoms with Gasteiger partial charge in [0.25, 0.3) is 11.9 Å². The van der Waals surface area contributed by atoms with E-state index in [1.165, 1.54) is 41.9 Å². The Morgan fingerprint density at radius 2 is 1.74 bits per heavy atom. The Morgan fingerprint density at radius 1 is 1.04 bits per heavy atom. The molecule has 2 aliphatic rings. The molecule has 0 bridgehead atoms. The van der Waals surface area contributed by atoms with Gasteiger partial charge in [0, 0.05) is 22.4 Å². The number of hydrogen-bond donors (Lipinski definition) is 3. The van der Waals surface area contributed by atoms with E-state index >= 15 is 0 Å². The minimum Gasteiger partial charge on any atom is -0.409 e. The number of carbonyl (C=O) groups is 2. The van der Waals surface area contributed by atoms with Crippen molar-refractivity contribution in [3.05, 3.63) is 82.9 Å². The van der Waals surface area contributed by atoms with Crippen molar-refractivity contribution in [3.63, 3.8) is 0 Å². The molecule has 0 unspecified atom stereocenters. The molecule has 1 aliphatic carbocycles. The number of nitrogens with two attached hydrogens (primary N) is 2. The summed E-state index contributed by atoms with van der Waals surface area (Å²) in [5, 5.41) is 5.88. The molecule has 244 valence electrons. The average molecular weight is 671 g/mol. The van der Waals surface area contributed by atoms with Gasteiger partial charge < -0.3 is 10.5 Å². The van der Waals surface area contributed by atoms with E-state index in [0.717, 1.165) is 36.3 Å². The molecular weight excluding hydrogens is 642 g/mol. The number of rotatable bonds is 6.